The number of nitrogens with zero attached hydrogens (tertiary/aromatic N) is 1. The van der Waals surface area contributed by atoms with Crippen LogP contribution in [0.5, 0.6) is 0 Å². The van der Waals surface area contributed by atoms with Crippen LogP contribution in [-0.4, -0.2) is 39.1 Å². The minimum absolute atomic E-state index is 0.0609. The van der Waals surface area contributed by atoms with Crippen LogP contribution in [0.15, 0.2) is 53.5 Å². The third-order valence-electron chi connectivity index (χ3n) is 4.48. The number of carbonyl (C=O) groups is 1. The van der Waals surface area contributed by atoms with Crippen molar-refractivity contribution in [3.05, 3.63) is 70.8 Å². The Morgan fingerprint density at radius 2 is 1.56 bits per heavy atom. The zero-order valence-electron chi connectivity index (χ0n) is 16.5. The van der Waals surface area contributed by atoms with Crippen LogP contribution in [-0.2, 0) is 19.3 Å². The van der Waals surface area contributed by atoms with E-state index in [-0.39, 0.29) is 5.91 Å². The second-order valence-corrected chi connectivity index (χ2v) is 6.38. The Kier molecular flexibility index (Phi) is 8.36. The van der Waals surface area contributed by atoms with E-state index in [0.717, 1.165) is 43.9 Å². The Morgan fingerprint density at radius 1 is 0.926 bits per heavy atom. The number of hydrogen-bond donors (Lipinski definition) is 3. The van der Waals surface area contributed by atoms with Crippen LogP contribution < -0.4 is 16.0 Å². The lowest BCUT2D eigenvalue weighted by Gasteiger charge is -2.12. The van der Waals surface area contributed by atoms with E-state index in [0.29, 0.717) is 5.56 Å². The van der Waals surface area contributed by atoms with E-state index in [2.05, 4.69) is 52.1 Å². The monoisotopic (exact) mass is 366 g/mol. The molecule has 0 aliphatic heterocycles. The van der Waals surface area contributed by atoms with Gasteiger partial charge in [-0.3, -0.25) is 9.79 Å². The molecule has 0 radical (unpaired) electrons. The Morgan fingerprint density at radius 3 is 2.15 bits per heavy atom. The van der Waals surface area contributed by atoms with E-state index >= 15 is 0 Å². The predicted molar refractivity (Wildman–Crippen MR) is 112 cm³/mol. The molecule has 0 aliphatic carbocycles. The molecule has 0 fully saturated rings. The average Bonchev–Trinajstić information content (AvgIpc) is 2.72. The highest BCUT2D eigenvalue weighted by molar-refractivity contribution is 5.94. The molecule has 5 heteroatoms. The standard InChI is InChI=1S/C22H30N4O/c1-4-17-8-10-18(11-9-17)12-14-25-22(24-3)26-15-13-19-6-5-7-20(16-19)21(27)23-2/h5-11,16H,4,12-15H2,1-3H3,(H,23,27)(H2,24,25,26). The smallest absolute Gasteiger partial charge is 0.251 e. The summed E-state index contributed by atoms with van der Waals surface area (Å²) >= 11 is 0. The molecule has 2 rings (SSSR count). The maximum absolute atomic E-state index is 11.7. The Bertz CT molecular complexity index is 753. The van der Waals surface area contributed by atoms with E-state index in [1.165, 1.54) is 11.1 Å². The number of aryl methyl sites for hydroxylation is 1. The lowest BCUT2D eigenvalue weighted by Crippen LogP contribution is -2.39. The van der Waals surface area contributed by atoms with Crippen LogP contribution in [0.3, 0.4) is 0 Å². The number of guanidine groups is 1. The number of carbonyl (C=O) groups excluding carboxylic acids is 1. The van der Waals surface area contributed by atoms with E-state index in [4.69, 9.17) is 0 Å². The summed E-state index contributed by atoms with van der Waals surface area (Å²) < 4.78 is 0. The molecule has 1 amide bonds. The molecule has 3 N–H and O–H groups in total. The van der Waals surface area contributed by atoms with Crippen molar-refractivity contribution in [3.8, 4) is 0 Å². The lowest BCUT2D eigenvalue weighted by molar-refractivity contribution is 0.0963. The summed E-state index contributed by atoms with van der Waals surface area (Å²) in [5.74, 6) is 0.733. The van der Waals surface area contributed by atoms with Gasteiger partial charge in [0.15, 0.2) is 5.96 Å². The third-order valence-corrected chi connectivity index (χ3v) is 4.48. The summed E-state index contributed by atoms with van der Waals surface area (Å²) in [6.07, 6.45) is 2.85. The number of benzene rings is 2. The van der Waals surface area contributed by atoms with Crippen LogP contribution >= 0.6 is 0 Å². The summed E-state index contributed by atoms with van der Waals surface area (Å²) in [6.45, 7) is 3.75. The number of amides is 1. The predicted octanol–water partition coefficient (Wildman–Crippen LogP) is 2.56. The van der Waals surface area contributed by atoms with E-state index in [1.807, 2.05) is 24.3 Å². The van der Waals surface area contributed by atoms with Gasteiger partial charge in [0.1, 0.15) is 0 Å². The largest absolute Gasteiger partial charge is 0.356 e. The van der Waals surface area contributed by atoms with Crippen molar-refractivity contribution in [1.82, 2.24) is 16.0 Å². The Hall–Kier alpha value is -2.82. The van der Waals surface area contributed by atoms with Crippen molar-refractivity contribution in [1.29, 1.82) is 0 Å². The van der Waals surface area contributed by atoms with Crippen LogP contribution in [0.4, 0.5) is 0 Å². The molecule has 0 unspecified atom stereocenters. The summed E-state index contributed by atoms with van der Waals surface area (Å²) in [5, 5.41) is 9.32. The normalized spacial score (nSPS) is 11.1. The second kappa shape index (κ2) is 11.0. The molecular weight excluding hydrogens is 336 g/mol. The fraction of sp³-hybridized carbons (Fsp3) is 0.364. The van der Waals surface area contributed by atoms with Gasteiger partial charge in [-0.15, -0.1) is 0 Å². The van der Waals surface area contributed by atoms with Gasteiger partial charge < -0.3 is 16.0 Å². The number of rotatable bonds is 8. The van der Waals surface area contributed by atoms with Crippen molar-refractivity contribution < 1.29 is 4.79 Å². The summed E-state index contributed by atoms with van der Waals surface area (Å²) in [4.78, 5) is 16.0. The first kappa shape index (κ1) is 20.5. The molecular formula is C22H30N4O. The summed E-state index contributed by atoms with van der Waals surface area (Å²) in [6, 6.07) is 16.5. The SMILES string of the molecule is CCc1ccc(CCNC(=NC)NCCc2cccc(C(=O)NC)c2)cc1. The highest BCUT2D eigenvalue weighted by Gasteiger charge is 2.04. The van der Waals surface area contributed by atoms with Crippen molar-refractivity contribution in [2.24, 2.45) is 4.99 Å². The number of nitrogens with one attached hydrogen (secondary N) is 3. The second-order valence-electron chi connectivity index (χ2n) is 6.38. The van der Waals surface area contributed by atoms with Crippen molar-refractivity contribution >= 4 is 11.9 Å². The molecule has 144 valence electrons. The molecule has 0 aromatic heterocycles. The fourth-order valence-corrected chi connectivity index (χ4v) is 2.83. The number of hydrogen-bond acceptors (Lipinski definition) is 2. The minimum Gasteiger partial charge on any atom is -0.356 e. The topological polar surface area (TPSA) is 65.5 Å². The van der Waals surface area contributed by atoms with Gasteiger partial charge in [-0.2, -0.15) is 0 Å². The van der Waals surface area contributed by atoms with Gasteiger partial charge in [0.25, 0.3) is 5.91 Å². The van der Waals surface area contributed by atoms with E-state index < -0.39 is 0 Å². The molecule has 0 heterocycles. The Balaban J connectivity index is 1.74. The molecule has 2 aromatic rings. The zero-order valence-corrected chi connectivity index (χ0v) is 16.5. The highest BCUT2D eigenvalue weighted by Crippen LogP contribution is 2.06. The molecule has 5 nitrogen and oxygen atoms in total. The van der Waals surface area contributed by atoms with Crippen LogP contribution in [0.2, 0.25) is 0 Å². The first-order valence-corrected chi connectivity index (χ1v) is 9.49. The molecule has 0 atom stereocenters. The molecule has 0 saturated heterocycles. The quantitative estimate of drug-likeness (QED) is 0.497. The van der Waals surface area contributed by atoms with Crippen LogP contribution in [0.1, 0.15) is 34.0 Å². The third kappa shape index (κ3) is 6.77. The Labute approximate surface area is 162 Å². The molecule has 2 aromatic carbocycles. The summed E-state index contributed by atoms with van der Waals surface area (Å²) in [5.41, 5.74) is 4.49. The maximum atomic E-state index is 11.7. The van der Waals surface area contributed by atoms with E-state index in [1.54, 1.807) is 14.1 Å². The molecule has 0 spiro atoms. The van der Waals surface area contributed by atoms with Crippen LogP contribution in [0, 0.1) is 0 Å². The van der Waals surface area contributed by atoms with Gasteiger partial charge in [-0.1, -0.05) is 43.3 Å². The average molecular weight is 367 g/mol. The molecule has 0 aliphatic rings. The fourth-order valence-electron chi connectivity index (χ4n) is 2.83. The van der Waals surface area contributed by atoms with Gasteiger partial charge >= 0.3 is 0 Å². The van der Waals surface area contributed by atoms with E-state index in [9.17, 15) is 4.79 Å². The molecule has 27 heavy (non-hydrogen) atoms. The van der Waals surface area contributed by atoms with Gasteiger partial charge in [0.2, 0.25) is 0 Å². The van der Waals surface area contributed by atoms with Crippen LogP contribution in [0.25, 0.3) is 0 Å². The molecule has 0 bridgehead atoms. The maximum Gasteiger partial charge on any atom is 0.251 e. The zero-order chi connectivity index (χ0) is 19.5. The van der Waals surface area contributed by atoms with Gasteiger partial charge in [0, 0.05) is 32.7 Å². The van der Waals surface area contributed by atoms with Crippen molar-refractivity contribution in [2.75, 3.05) is 27.2 Å². The first-order valence-electron chi connectivity index (χ1n) is 9.49. The van der Waals surface area contributed by atoms with Gasteiger partial charge in [0.05, 0.1) is 0 Å². The van der Waals surface area contributed by atoms with Crippen molar-refractivity contribution in [3.63, 3.8) is 0 Å². The van der Waals surface area contributed by atoms with Gasteiger partial charge in [-0.25, -0.2) is 0 Å². The first-order chi connectivity index (χ1) is 13.2. The summed E-state index contributed by atoms with van der Waals surface area (Å²) in [7, 11) is 3.42. The van der Waals surface area contributed by atoms with Gasteiger partial charge in [-0.05, 0) is 48.1 Å². The van der Waals surface area contributed by atoms with Crippen molar-refractivity contribution in [2.45, 2.75) is 26.2 Å². The lowest BCUT2D eigenvalue weighted by atomic mass is 10.1. The highest BCUT2D eigenvalue weighted by atomic mass is 16.1. The number of aliphatic imine (C=N–C) groups is 1. The molecule has 0 saturated carbocycles. The minimum atomic E-state index is -0.0609.